The Morgan fingerprint density at radius 3 is 2.47 bits per heavy atom. The van der Waals surface area contributed by atoms with Gasteiger partial charge in [-0.15, -0.1) is 0 Å². The molecule has 0 spiro atoms. The molecule has 0 saturated carbocycles. The Morgan fingerprint density at radius 1 is 1.32 bits per heavy atom. The van der Waals surface area contributed by atoms with Crippen LogP contribution in [0.1, 0.15) is 47.0 Å². The number of hydrogen-bond acceptors (Lipinski definition) is 3. The van der Waals surface area contributed by atoms with Crippen LogP contribution in [-0.2, 0) is 0 Å². The summed E-state index contributed by atoms with van der Waals surface area (Å²) in [5.41, 5.74) is 0.455. The maximum absolute atomic E-state index is 3.69. The summed E-state index contributed by atoms with van der Waals surface area (Å²) in [6, 6.07) is 0.813. The van der Waals surface area contributed by atoms with Crippen LogP contribution in [0.25, 0.3) is 0 Å². The molecule has 1 saturated heterocycles. The summed E-state index contributed by atoms with van der Waals surface area (Å²) in [5, 5.41) is 3.69. The van der Waals surface area contributed by atoms with E-state index in [-0.39, 0.29) is 0 Å². The van der Waals surface area contributed by atoms with Gasteiger partial charge >= 0.3 is 0 Å². The van der Waals surface area contributed by atoms with E-state index in [0.29, 0.717) is 5.41 Å². The molecule has 0 aliphatic carbocycles. The summed E-state index contributed by atoms with van der Waals surface area (Å²) < 4.78 is 0. The quantitative estimate of drug-likeness (QED) is 0.698. The van der Waals surface area contributed by atoms with Crippen LogP contribution in [0.5, 0.6) is 0 Å². The summed E-state index contributed by atoms with van der Waals surface area (Å²) in [6.45, 7) is 12.8. The van der Waals surface area contributed by atoms with Crippen molar-refractivity contribution in [3.8, 4) is 0 Å². The number of thioether (sulfide) groups is 1. The smallest absolute Gasteiger partial charge is 0.0191 e. The number of nitrogens with zero attached hydrogens (tertiary/aromatic N) is 1. The molecular weight excluding hydrogens is 252 g/mol. The van der Waals surface area contributed by atoms with Gasteiger partial charge in [-0.2, -0.15) is 11.8 Å². The fraction of sp³-hybridized carbons (Fsp3) is 1.00. The Hall–Kier alpha value is 0.270. The van der Waals surface area contributed by atoms with Crippen LogP contribution in [0.4, 0.5) is 0 Å². The normalized spacial score (nSPS) is 20.7. The lowest BCUT2D eigenvalue weighted by atomic mass is 9.81. The van der Waals surface area contributed by atoms with Crippen molar-refractivity contribution in [3.63, 3.8) is 0 Å². The van der Waals surface area contributed by atoms with Crippen molar-refractivity contribution in [3.05, 3.63) is 0 Å². The fourth-order valence-electron chi connectivity index (χ4n) is 2.93. The third-order valence-corrected chi connectivity index (χ3v) is 5.81. The summed E-state index contributed by atoms with van der Waals surface area (Å²) in [4.78, 5) is 2.63. The minimum absolute atomic E-state index is 0.455. The van der Waals surface area contributed by atoms with Gasteiger partial charge < -0.3 is 10.2 Å². The summed E-state index contributed by atoms with van der Waals surface area (Å²) >= 11 is 2.12. The highest BCUT2D eigenvalue weighted by Gasteiger charge is 2.30. The topological polar surface area (TPSA) is 15.3 Å². The van der Waals surface area contributed by atoms with Crippen LogP contribution >= 0.6 is 11.8 Å². The molecule has 19 heavy (non-hydrogen) atoms. The molecular formula is C16H34N2S. The van der Waals surface area contributed by atoms with Gasteiger partial charge in [-0.25, -0.2) is 0 Å². The first kappa shape index (κ1) is 17.3. The van der Waals surface area contributed by atoms with E-state index in [1.54, 1.807) is 0 Å². The van der Waals surface area contributed by atoms with Crippen molar-refractivity contribution >= 4 is 11.8 Å². The molecule has 0 amide bonds. The van der Waals surface area contributed by atoms with Crippen LogP contribution in [0.3, 0.4) is 0 Å². The van der Waals surface area contributed by atoms with Crippen LogP contribution in [0.2, 0.25) is 0 Å². The highest BCUT2D eigenvalue weighted by molar-refractivity contribution is 7.99. The van der Waals surface area contributed by atoms with Gasteiger partial charge in [-0.1, -0.05) is 27.7 Å². The van der Waals surface area contributed by atoms with Crippen molar-refractivity contribution in [1.29, 1.82) is 0 Å². The van der Waals surface area contributed by atoms with Gasteiger partial charge in [0.15, 0.2) is 0 Å². The lowest BCUT2D eigenvalue weighted by Gasteiger charge is -2.38. The van der Waals surface area contributed by atoms with Crippen molar-refractivity contribution in [2.45, 2.75) is 53.0 Å². The van der Waals surface area contributed by atoms with Crippen molar-refractivity contribution < 1.29 is 0 Å². The highest BCUT2D eigenvalue weighted by Crippen LogP contribution is 2.30. The third kappa shape index (κ3) is 5.65. The molecule has 1 N–H and O–H groups in total. The molecule has 0 bridgehead atoms. The molecule has 1 atom stereocenters. The van der Waals surface area contributed by atoms with E-state index < -0.39 is 0 Å². The molecule has 2 nitrogen and oxygen atoms in total. The zero-order valence-corrected chi connectivity index (χ0v) is 14.5. The zero-order chi connectivity index (χ0) is 14.3. The molecule has 1 aliphatic heterocycles. The van der Waals surface area contributed by atoms with Gasteiger partial charge in [-0.3, -0.25) is 0 Å². The second kappa shape index (κ2) is 8.53. The van der Waals surface area contributed by atoms with Gasteiger partial charge in [0, 0.05) is 24.9 Å². The monoisotopic (exact) mass is 286 g/mol. The Kier molecular flexibility index (Phi) is 7.78. The molecule has 1 fully saturated rings. The second-order valence-corrected chi connectivity index (χ2v) is 7.81. The second-order valence-electron chi connectivity index (χ2n) is 6.66. The maximum atomic E-state index is 3.69. The van der Waals surface area contributed by atoms with Crippen molar-refractivity contribution in [2.75, 3.05) is 38.2 Å². The Morgan fingerprint density at radius 2 is 2.00 bits per heavy atom. The summed E-state index contributed by atoms with van der Waals surface area (Å²) in [7, 11) is 2.33. The lowest BCUT2D eigenvalue weighted by Crippen LogP contribution is -2.46. The van der Waals surface area contributed by atoms with Gasteiger partial charge in [0.05, 0.1) is 0 Å². The molecule has 1 unspecified atom stereocenters. The summed E-state index contributed by atoms with van der Waals surface area (Å²) in [6.07, 6.45) is 3.93. The molecule has 114 valence electrons. The fourth-order valence-corrected chi connectivity index (χ4v) is 4.23. The molecule has 1 rings (SSSR count). The summed E-state index contributed by atoms with van der Waals surface area (Å²) in [5.74, 6) is 3.43. The maximum Gasteiger partial charge on any atom is 0.0191 e. The van der Waals surface area contributed by atoms with Crippen molar-refractivity contribution in [1.82, 2.24) is 10.2 Å². The van der Waals surface area contributed by atoms with Gasteiger partial charge in [0.2, 0.25) is 0 Å². The van der Waals surface area contributed by atoms with Crippen LogP contribution in [-0.4, -0.2) is 49.1 Å². The average Bonchev–Trinajstić information content (AvgIpc) is 2.91. The Labute approximate surface area is 125 Å². The molecule has 0 aromatic rings. The highest BCUT2D eigenvalue weighted by atomic mass is 32.2. The molecule has 0 aromatic carbocycles. The third-order valence-electron chi connectivity index (χ3n) is 4.67. The van der Waals surface area contributed by atoms with E-state index in [1.807, 2.05) is 0 Å². The molecule has 1 aliphatic rings. The molecule has 0 radical (unpaired) electrons. The molecule has 1 heterocycles. The number of nitrogens with one attached hydrogen (secondary N) is 1. The van der Waals surface area contributed by atoms with E-state index in [4.69, 9.17) is 0 Å². The van der Waals surface area contributed by atoms with Gasteiger partial charge in [0.25, 0.3) is 0 Å². The average molecular weight is 287 g/mol. The SMILES string of the molecule is CCC(CC)(CNCC(C)C)CN(C)C1CCSC1. The van der Waals surface area contributed by atoms with Crippen LogP contribution in [0, 0.1) is 11.3 Å². The predicted octanol–water partition coefficient (Wildman–Crippen LogP) is 3.48. The minimum atomic E-state index is 0.455. The first-order valence-electron chi connectivity index (χ1n) is 8.01. The van der Waals surface area contributed by atoms with Crippen molar-refractivity contribution in [2.24, 2.45) is 11.3 Å². The Bertz CT molecular complexity index is 233. The number of rotatable bonds is 9. The zero-order valence-electron chi connectivity index (χ0n) is 13.7. The van der Waals surface area contributed by atoms with Gasteiger partial charge in [-0.05, 0) is 49.9 Å². The Balaban J connectivity index is 2.48. The van der Waals surface area contributed by atoms with E-state index in [0.717, 1.165) is 18.5 Å². The van der Waals surface area contributed by atoms with Crippen LogP contribution < -0.4 is 5.32 Å². The van der Waals surface area contributed by atoms with E-state index in [2.05, 4.69) is 56.7 Å². The number of hydrogen-bond donors (Lipinski definition) is 1. The first-order valence-corrected chi connectivity index (χ1v) is 9.17. The van der Waals surface area contributed by atoms with E-state index in [1.165, 1.54) is 43.9 Å². The first-order chi connectivity index (χ1) is 9.03. The van der Waals surface area contributed by atoms with E-state index in [9.17, 15) is 0 Å². The largest absolute Gasteiger partial charge is 0.316 e. The lowest BCUT2D eigenvalue weighted by molar-refractivity contribution is 0.129. The van der Waals surface area contributed by atoms with E-state index >= 15 is 0 Å². The minimum Gasteiger partial charge on any atom is -0.316 e. The predicted molar refractivity (Wildman–Crippen MR) is 89.1 cm³/mol. The molecule has 0 aromatic heterocycles. The van der Waals surface area contributed by atoms with Gasteiger partial charge in [0.1, 0.15) is 0 Å². The molecule has 3 heteroatoms. The standard InChI is InChI=1S/C16H34N2S/c1-6-16(7-2,12-17-10-14(3)4)13-18(5)15-8-9-19-11-15/h14-15,17H,6-13H2,1-5H3. The van der Waals surface area contributed by atoms with Crippen LogP contribution in [0.15, 0.2) is 0 Å².